The van der Waals surface area contributed by atoms with E-state index in [9.17, 15) is 4.79 Å². The zero-order valence-corrected chi connectivity index (χ0v) is 13.5. The molecule has 6 heteroatoms. The summed E-state index contributed by atoms with van der Waals surface area (Å²) in [5, 5.41) is 16.7. The van der Waals surface area contributed by atoms with Crippen LogP contribution in [0.15, 0.2) is 36.7 Å². The third kappa shape index (κ3) is 4.32. The van der Waals surface area contributed by atoms with Crippen molar-refractivity contribution in [1.82, 2.24) is 15.1 Å². The van der Waals surface area contributed by atoms with Crippen molar-refractivity contribution in [2.75, 3.05) is 13.2 Å². The first-order valence-corrected chi connectivity index (χ1v) is 7.49. The summed E-state index contributed by atoms with van der Waals surface area (Å²) in [5.74, 6) is -0.181. The van der Waals surface area contributed by atoms with Crippen LogP contribution in [0.2, 0.25) is 5.02 Å². The lowest BCUT2D eigenvalue weighted by molar-refractivity contribution is 0.0928. The van der Waals surface area contributed by atoms with Crippen molar-refractivity contribution in [1.29, 1.82) is 0 Å². The van der Waals surface area contributed by atoms with Gasteiger partial charge in [0.2, 0.25) is 0 Å². The molecule has 0 aliphatic heterocycles. The number of rotatable bonds is 6. The number of carbonyl (C=O) groups excluding carboxylic acids is 1. The first-order valence-electron chi connectivity index (χ1n) is 7.11. The Morgan fingerprint density at radius 3 is 2.91 bits per heavy atom. The maximum Gasteiger partial charge on any atom is 0.254 e. The normalized spacial score (nSPS) is 11.5. The van der Waals surface area contributed by atoms with Gasteiger partial charge in [-0.1, -0.05) is 31.5 Å². The van der Waals surface area contributed by atoms with E-state index in [2.05, 4.69) is 10.4 Å². The predicted octanol–water partition coefficient (Wildman–Crippen LogP) is 2.66. The summed E-state index contributed by atoms with van der Waals surface area (Å²) >= 11 is 5.95. The van der Waals surface area contributed by atoms with E-state index in [4.69, 9.17) is 16.7 Å². The van der Waals surface area contributed by atoms with E-state index < -0.39 is 0 Å². The second kappa shape index (κ2) is 6.94. The van der Waals surface area contributed by atoms with Crippen LogP contribution in [-0.4, -0.2) is 33.9 Å². The zero-order chi connectivity index (χ0) is 16.2. The molecule has 2 N–H and O–H groups in total. The molecule has 0 saturated carbocycles. The topological polar surface area (TPSA) is 67.2 Å². The Bertz CT molecular complexity index is 652. The average Bonchev–Trinajstić information content (AvgIpc) is 2.95. The van der Waals surface area contributed by atoms with Gasteiger partial charge in [-0.2, -0.15) is 5.10 Å². The molecule has 118 valence electrons. The first-order chi connectivity index (χ1) is 10.4. The van der Waals surface area contributed by atoms with Crippen LogP contribution in [0.25, 0.3) is 5.69 Å². The minimum Gasteiger partial charge on any atom is -0.396 e. The molecule has 0 unspecified atom stereocenters. The van der Waals surface area contributed by atoms with E-state index >= 15 is 0 Å². The van der Waals surface area contributed by atoms with Gasteiger partial charge in [0, 0.05) is 24.4 Å². The Morgan fingerprint density at radius 2 is 2.23 bits per heavy atom. The number of hydrogen-bond acceptors (Lipinski definition) is 3. The summed E-state index contributed by atoms with van der Waals surface area (Å²) in [4.78, 5) is 12.2. The van der Waals surface area contributed by atoms with Gasteiger partial charge in [0.05, 0.1) is 17.4 Å². The van der Waals surface area contributed by atoms with E-state index in [0.29, 0.717) is 23.6 Å². The molecule has 2 rings (SSSR count). The molecule has 0 saturated heterocycles. The molecule has 0 aliphatic rings. The number of amides is 1. The summed E-state index contributed by atoms with van der Waals surface area (Å²) in [6, 6.07) is 7.26. The van der Waals surface area contributed by atoms with Gasteiger partial charge in [-0.05, 0) is 30.0 Å². The van der Waals surface area contributed by atoms with E-state index in [0.717, 1.165) is 5.69 Å². The number of nitrogens with one attached hydrogen (secondary N) is 1. The van der Waals surface area contributed by atoms with Gasteiger partial charge < -0.3 is 10.4 Å². The summed E-state index contributed by atoms with van der Waals surface area (Å²) in [5.41, 5.74) is 1.14. The van der Waals surface area contributed by atoms with E-state index in [-0.39, 0.29) is 17.9 Å². The summed E-state index contributed by atoms with van der Waals surface area (Å²) in [6.45, 7) is 4.60. The Hall–Kier alpha value is -1.85. The van der Waals surface area contributed by atoms with Crippen LogP contribution in [0.5, 0.6) is 0 Å². The van der Waals surface area contributed by atoms with Crippen molar-refractivity contribution in [2.45, 2.75) is 20.3 Å². The molecule has 2 aromatic rings. The van der Waals surface area contributed by atoms with Gasteiger partial charge in [-0.25, -0.2) is 4.68 Å². The molecule has 1 aromatic heterocycles. The van der Waals surface area contributed by atoms with Crippen LogP contribution >= 0.6 is 11.6 Å². The predicted molar refractivity (Wildman–Crippen MR) is 86.4 cm³/mol. The summed E-state index contributed by atoms with van der Waals surface area (Å²) in [6.07, 6.45) is 3.82. The highest BCUT2D eigenvalue weighted by atomic mass is 35.5. The van der Waals surface area contributed by atoms with Crippen LogP contribution in [-0.2, 0) is 0 Å². The maximum absolute atomic E-state index is 12.2. The zero-order valence-electron chi connectivity index (χ0n) is 12.7. The standard InChI is InChI=1S/C16H20ClN3O2/c1-16(2,6-7-21)11-18-15(22)12-9-19-20(10-12)14-5-3-4-13(17)8-14/h3-5,8-10,21H,6-7,11H2,1-2H3,(H,18,22). The Labute approximate surface area is 134 Å². The second-order valence-corrected chi connectivity index (χ2v) is 6.41. The summed E-state index contributed by atoms with van der Waals surface area (Å²) < 4.78 is 1.61. The Kier molecular flexibility index (Phi) is 5.21. The van der Waals surface area contributed by atoms with E-state index in [1.807, 2.05) is 26.0 Å². The SMILES string of the molecule is CC(C)(CCO)CNC(=O)c1cnn(-c2cccc(Cl)c2)c1. The molecule has 1 amide bonds. The number of nitrogens with zero attached hydrogens (tertiary/aromatic N) is 2. The fourth-order valence-electron chi connectivity index (χ4n) is 2.01. The van der Waals surface area contributed by atoms with Gasteiger partial charge in [0.1, 0.15) is 0 Å². The monoisotopic (exact) mass is 321 g/mol. The van der Waals surface area contributed by atoms with Crippen molar-refractivity contribution >= 4 is 17.5 Å². The van der Waals surface area contributed by atoms with Crippen LogP contribution in [0.3, 0.4) is 0 Å². The molecular formula is C16H20ClN3O2. The number of benzene rings is 1. The number of aliphatic hydroxyl groups is 1. The lowest BCUT2D eigenvalue weighted by Gasteiger charge is -2.23. The number of halogens is 1. The fourth-order valence-corrected chi connectivity index (χ4v) is 2.20. The van der Waals surface area contributed by atoms with Crippen LogP contribution < -0.4 is 5.32 Å². The maximum atomic E-state index is 12.2. The van der Waals surface area contributed by atoms with Crippen LogP contribution in [0.4, 0.5) is 0 Å². The summed E-state index contributed by atoms with van der Waals surface area (Å²) in [7, 11) is 0. The lowest BCUT2D eigenvalue weighted by Crippen LogP contribution is -2.34. The molecule has 0 spiro atoms. The molecule has 5 nitrogen and oxygen atoms in total. The van der Waals surface area contributed by atoms with Gasteiger partial charge in [0.25, 0.3) is 5.91 Å². The minimum atomic E-state index is -0.181. The van der Waals surface area contributed by atoms with Crippen molar-refractivity contribution in [3.63, 3.8) is 0 Å². The first kappa shape index (κ1) is 16.5. The molecule has 0 atom stereocenters. The molecule has 1 aromatic carbocycles. The Balaban J connectivity index is 2.03. The van der Waals surface area contributed by atoms with E-state index in [1.54, 1.807) is 23.0 Å². The highest BCUT2D eigenvalue weighted by Crippen LogP contribution is 2.18. The van der Waals surface area contributed by atoms with Crippen molar-refractivity contribution in [3.05, 3.63) is 47.2 Å². The quantitative estimate of drug-likeness (QED) is 0.859. The van der Waals surface area contributed by atoms with Gasteiger partial charge >= 0.3 is 0 Å². The number of hydrogen-bond donors (Lipinski definition) is 2. The molecule has 1 heterocycles. The van der Waals surface area contributed by atoms with Gasteiger partial charge in [-0.3, -0.25) is 4.79 Å². The molecule has 0 fully saturated rings. The molecule has 22 heavy (non-hydrogen) atoms. The van der Waals surface area contributed by atoms with Crippen LogP contribution in [0.1, 0.15) is 30.6 Å². The molecule has 0 bridgehead atoms. The highest BCUT2D eigenvalue weighted by molar-refractivity contribution is 6.30. The molecule has 0 aliphatic carbocycles. The van der Waals surface area contributed by atoms with Gasteiger partial charge in [0.15, 0.2) is 0 Å². The number of aliphatic hydroxyl groups excluding tert-OH is 1. The average molecular weight is 322 g/mol. The fraction of sp³-hybridized carbons (Fsp3) is 0.375. The van der Waals surface area contributed by atoms with E-state index in [1.165, 1.54) is 6.20 Å². The molecule has 0 radical (unpaired) electrons. The smallest absolute Gasteiger partial charge is 0.254 e. The Morgan fingerprint density at radius 1 is 1.45 bits per heavy atom. The van der Waals surface area contributed by atoms with Crippen molar-refractivity contribution in [3.8, 4) is 5.69 Å². The third-order valence-electron chi connectivity index (χ3n) is 3.43. The minimum absolute atomic E-state index is 0.107. The lowest BCUT2D eigenvalue weighted by atomic mass is 9.90. The number of aromatic nitrogens is 2. The highest BCUT2D eigenvalue weighted by Gasteiger charge is 2.19. The third-order valence-corrected chi connectivity index (χ3v) is 3.67. The molecular weight excluding hydrogens is 302 g/mol. The number of carbonyl (C=O) groups is 1. The van der Waals surface area contributed by atoms with Crippen molar-refractivity contribution in [2.24, 2.45) is 5.41 Å². The second-order valence-electron chi connectivity index (χ2n) is 5.97. The van der Waals surface area contributed by atoms with Crippen molar-refractivity contribution < 1.29 is 9.90 Å². The largest absolute Gasteiger partial charge is 0.396 e. The van der Waals surface area contributed by atoms with Crippen LogP contribution in [0, 0.1) is 5.41 Å². The van der Waals surface area contributed by atoms with Gasteiger partial charge in [-0.15, -0.1) is 0 Å².